The number of hydrogen-bond acceptors (Lipinski definition) is 6. The Morgan fingerprint density at radius 2 is 1.96 bits per heavy atom. The van der Waals surface area contributed by atoms with Gasteiger partial charge in [-0.2, -0.15) is 5.10 Å². The standard InChI is InChI=1S/C41H49ClN4O4/c1-28(27-50-37-13-19-43-36-10-3-7-29(2)38(36)37)23-31-24-30-11-12-34(49-22-6-21-46-20-5-18-44-46)26-35(30)40(31)14-16-41(17-15-40,39(47)48)45-33-9-4-8-32(42)25-33/h4-5,8-9,11-13,18-20,25-26,28-29,31,45H,3,6-7,10,14-17,21-24,27H2,1-2H3,(H,47,48)/t28-,29-,31?,40?,41?/m1/s1. The van der Waals surface area contributed by atoms with Crippen LogP contribution in [0.1, 0.15) is 93.5 Å². The van der Waals surface area contributed by atoms with E-state index in [1.54, 1.807) is 6.20 Å². The molecule has 9 heteroatoms. The van der Waals surface area contributed by atoms with E-state index in [1.807, 2.05) is 53.5 Å². The summed E-state index contributed by atoms with van der Waals surface area (Å²) in [5.74, 6) is 2.21. The average molecular weight is 697 g/mol. The molecule has 50 heavy (non-hydrogen) atoms. The molecular weight excluding hydrogens is 648 g/mol. The Kier molecular flexibility index (Phi) is 10.1. The maximum absolute atomic E-state index is 13.0. The summed E-state index contributed by atoms with van der Waals surface area (Å²) in [6.45, 7) is 6.64. The molecule has 1 spiro atoms. The van der Waals surface area contributed by atoms with Crippen molar-refractivity contribution in [2.24, 2.45) is 11.8 Å². The number of aliphatic carboxylic acids is 1. The van der Waals surface area contributed by atoms with Gasteiger partial charge in [0, 0.05) is 53.5 Å². The number of halogens is 1. The van der Waals surface area contributed by atoms with Crippen LogP contribution >= 0.6 is 11.6 Å². The van der Waals surface area contributed by atoms with E-state index in [0.717, 1.165) is 62.3 Å². The van der Waals surface area contributed by atoms with E-state index in [9.17, 15) is 9.90 Å². The van der Waals surface area contributed by atoms with Gasteiger partial charge in [0.1, 0.15) is 17.0 Å². The number of benzene rings is 2. The van der Waals surface area contributed by atoms with Crippen LogP contribution in [0.3, 0.4) is 0 Å². The number of fused-ring (bicyclic) bond motifs is 3. The normalized spacial score (nSPS) is 24.7. The van der Waals surface area contributed by atoms with Gasteiger partial charge in [0.05, 0.1) is 13.2 Å². The van der Waals surface area contributed by atoms with Crippen molar-refractivity contribution in [2.45, 2.75) is 101 Å². The number of carboxylic acid groups (broad SMARTS) is 1. The lowest BCUT2D eigenvalue weighted by molar-refractivity contribution is -0.144. The highest BCUT2D eigenvalue weighted by Gasteiger charge is 2.54. The zero-order valence-corrected chi connectivity index (χ0v) is 30.0. The van der Waals surface area contributed by atoms with Gasteiger partial charge in [0.25, 0.3) is 0 Å². The van der Waals surface area contributed by atoms with Gasteiger partial charge in [0.15, 0.2) is 0 Å². The summed E-state index contributed by atoms with van der Waals surface area (Å²) in [5.41, 5.74) is 4.70. The molecule has 7 rings (SSSR count). The molecule has 2 heterocycles. The van der Waals surface area contributed by atoms with E-state index < -0.39 is 11.5 Å². The molecule has 1 fully saturated rings. The van der Waals surface area contributed by atoms with E-state index in [4.69, 9.17) is 21.1 Å². The minimum atomic E-state index is -1.06. The molecule has 3 atom stereocenters. The number of aromatic nitrogens is 3. The Balaban J connectivity index is 1.10. The lowest BCUT2D eigenvalue weighted by atomic mass is 9.59. The fourth-order valence-corrected chi connectivity index (χ4v) is 9.21. The highest BCUT2D eigenvalue weighted by atomic mass is 35.5. The Hall–Kier alpha value is -4.04. The van der Waals surface area contributed by atoms with Crippen molar-refractivity contribution in [1.29, 1.82) is 0 Å². The van der Waals surface area contributed by atoms with Crippen LogP contribution in [-0.2, 0) is 29.6 Å². The maximum Gasteiger partial charge on any atom is 0.329 e. The summed E-state index contributed by atoms with van der Waals surface area (Å²) in [5, 5.41) is 18.9. The van der Waals surface area contributed by atoms with Crippen LogP contribution in [0.15, 0.2) is 73.2 Å². The molecule has 0 amide bonds. The van der Waals surface area contributed by atoms with Gasteiger partial charge >= 0.3 is 5.97 Å². The summed E-state index contributed by atoms with van der Waals surface area (Å²) in [6, 6.07) is 17.9. The Morgan fingerprint density at radius 3 is 2.74 bits per heavy atom. The zero-order chi connectivity index (χ0) is 34.7. The number of nitrogens with one attached hydrogen (secondary N) is 1. The van der Waals surface area contributed by atoms with Gasteiger partial charge < -0.3 is 19.9 Å². The number of carboxylic acids is 1. The third kappa shape index (κ3) is 7.09. The summed E-state index contributed by atoms with van der Waals surface area (Å²) in [4.78, 5) is 17.6. The Labute approximate surface area is 300 Å². The highest BCUT2D eigenvalue weighted by molar-refractivity contribution is 6.30. The molecule has 0 aliphatic heterocycles. The van der Waals surface area contributed by atoms with Gasteiger partial charge in [-0.05, 0) is 135 Å². The van der Waals surface area contributed by atoms with Crippen molar-refractivity contribution in [2.75, 3.05) is 18.5 Å². The topological polar surface area (TPSA) is 98.5 Å². The van der Waals surface area contributed by atoms with Crippen LogP contribution in [0.25, 0.3) is 0 Å². The number of pyridine rings is 1. The molecule has 0 radical (unpaired) electrons. The largest absolute Gasteiger partial charge is 0.494 e. The number of nitrogens with zero attached hydrogens (tertiary/aromatic N) is 3. The van der Waals surface area contributed by atoms with Crippen LogP contribution in [0, 0.1) is 11.8 Å². The zero-order valence-electron chi connectivity index (χ0n) is 29.2. The first-order chi connectivity index (χ1) is 24.2. The number of rotatable bonds is 13. The summed E-state index contributed by atoms with van der Waals surface area (Å²) in [6.07, 6.45) is 14.5. The lowest BCUT2D eigenvalue weighted by Crippen LogP contribution is -2.53. The molecule has 1 saturated carbocycles. The van der Waals surface area contributed by atoms with Crippen molar-refractivity contribution >= 4 is 23.3 Å². The summed E-state index contributed by atoms with van der Waals surface area (Å²) >= 11 is 6.29. The lowest BCUT2D eigenvalue weighted by Gasteiger charge is -2.47. The maximum atomic E-state index is 13.0. The molecule has 264 valence electrons. The smallest absolute Gasteiger partial charge is 0.329 e. The Morgan fingerprint density at radius 1 is 1.10 bits per heavy atom. The van der Waals surface area contributed by atoms with E-state index in [0.29, 0.717) is 48.8 Å². The second kappa shape index (κ2) is 14.7. The first-order valence-electron chi connectivity index (χ1n) is 18.4. The predicted molar refractivity (Wildman–Crippen MR) is 196 cm³/mol. The van der Waals surface area contributed by atoms with Crippen LogP contribution in [-0.4, -0.2) is 44.6 Å². The molecule has 2 aromatic heterocycles. The third-order valence-electron chi connectivity index (χ3n) is 11.6. The van der Waals surface area contributed by atoms with E-state index >= 15 is 0 Å². The monoisotopic (exact) mass is 696 g/mol. The second-order valence-corrected chi connectivity index (χ2v) is 15.4. The van der Waals surface area contributed by atoms with Gasteiger partial charge in [-0.3, -0.25) is 9.67 Å². The minimum Gasteiger partial charge on any atom is -0.494 e. The molecular formula is C41H49ClN4O4. The van der Waals surface area contributed by atoms with E-state index in [2.05, 4.69) is 47.4 Å². The van der Waals surface area contributed by atoms with Crippen LogP contribution in [0.4, 0.5) is 5.69 Å². The van der Waals surface area contributed by atoms with Gasteiger partial charge in [-0.1, -0.05) is 37.6 Å². The fourth-order valence-electron chi connectivity index (χ4n) is 9.02. The van der Waals surface area contributed by atoms with Crippen molar-refractivity contribution in [3.05, 3.63) is 101 Å². The molecule has 3 aliphatic carbocycles. The highest BCUT2D eigenvalue weighted by Crippen LogP contribution is 2.56. The molecule has 2 aromatic carbocycles. The first kappa shape index (κ1) is 34.4. The number of ether oxygens (including phenoxy) is 2. The van der Waals surface area contributed by atoms with Crippen molar-refractivity contribution in [3.8, 4) is 11.5 Å². The SMILES string of the molecule is C[C@@H](COc1ccnc2c1[C@H](C)CCC2)CC1Cc2ccc(OCCCn3cccn3)cc2C12CCC(Nc1cccc(Cl)c1)(C(=O)O)CC2. The number of carbonyl (C=O) groups is 1. The second-order valence-electron chi connectivity index (χ2n) is 15.0. The fraction of sp³-hybridized carbons (Fsp3) is 0.488. The molecule has 2 N–H and O–H groups in total. The predicted octanol–water partition coefficient (Wildman–Crippen LogP) is 8.87. The summed E-state index contributed by atoms with van der Waals surface area (Å²) in [7, 11) is 0. The number of anilines is 1. The Bertz CT molecular complexity index is 1790. The first-order valence-corrected chi connectivity index (χ1v) is 18.7. The average Bonchev–Trinajstić information content (AvgIpc) is 3.73. The van der Waals surface area contributed by atoms with Crippen molar-refractivity contribution < 1.29 is 19.4 Å². The third-order valence-corrected chi connectivity index (χ3v) is 11.9. The van der Waals surface area contributed by atoms with Gasteiger partial charge in [-0.25, -0.2) is 4.79 Å². The number of hydrogen-bond donors (Lipinski definition) is 2. The quantitative estimate of drug-likeness (QED) is 0.135. The van der Waals surface area contributed by atoms with Gasteiger partial charge in [-0.15, -0.1) is 0 Å². The van der Waals surface area contributed by atoms with Crippen LogP contribution in [0.2, 0.25) is 5.02 Å². The van der Waals surface area contributed by atoms with Gasteiger partial charge in [0.2, 0.25) is 0 Å². The van der Waals surface area contributed by atoms with E-state index in [-0.39, 0.29) is 5.41 Å². The van der Waals surface area contributed by atoms with Crippen LogP contribution in [0.5, 0.6) is 11.5 Å². The molecule has 8 nitrogen and oxygen atoms in total. The van der Waals surface area contributed by atoms with Crippen molar-refractivity contribution in [3.63, 3.8) is 0 Å². The molecule has 1 unspecified atom stereocenters. The van der Waals surface area contributed by atoms with Crippen molar-refractivity contribution in [1.82, 2.24) is 14.8 Å². The molecule has 3 aliphatic rings. The molecule has 0 bridgehead atoms. The number of aryl methyl sites for hydroxylation is 2. The molecule has 4 aromatic rings. The van der Waals surface area contributed by atoms with E-state index in [1.165, 1.54) is 35.2 Å². The molecule has 0 saturated heterocycles. The van der Waals surface area contributed by atoms with Crippen LogP contribution < -0.4 is 14.8 Å². The minimum absolute atomic E-state index is 0.142. The summed E-state index contributed by atoms with van der Waals surface area (Å²) < 4.78 is 14.8.